The van der Waals surface area contributed by atoms with Crippen LogP contribution in [-0.4, -0.2) is 20.6 Å². The maximum absolute atomic E-state index is 13.4. The lowest BCUT2D eigenvalue weighted by Gasteiger charge is -2.16. The van der Waals surface area contributed by atoms with Crippen LogP contribution in [0.1, 0.15) is 15.9 Å². The van der Waals surface area contributed by atoms with Crippen LogP contribution in [0.4, 0.5) is 0 Å². The number of aromatic amines is 1. The first kappa shape index (κ1) is 19.9. The normalized spacial score (nSPS) is 11.5. The molecule has 0 fully saturated rings. The highest BCUT2D eigenvalue weighted by Gasteiger charge is 2.15. The van der Waals surface area contributed by atoms with Gasteiger partial charge in [0.05, 0.1) is 22.1 Å². The number of hydrogen-bond acceptors (Lipinski definition) is 3. The minimum atomic E-state index is -0.983. The van der Waals surface area contributed by atoms with Gasteiger partial charge in [0.25, 0.3) is 0 Å². The highest BCUT2D eigenvalue weighted by atomic mass is 16.4. The number of carbonyl (C=O) groups is 1. The molecule has 0 saturated carbocycles. The third-order valence-electron chi connectivity index (χ3n) is 6.34. The fraction of sp³-hybridized carbons (Fsp3) is 0.0357. The first-order valence-electron chi connectivity index (χ1n) is 10.8. The second-order valence-corrected chi connectivity index (χ2v) is 8.35. The number of hydrogen-bond donors (Lipinski definition) is 2. The number of carboxylic acid groups (broad SMARTS) is 1. The molecule has 6 rings (SSSR count). The van der Waals surface area contributed by atoms with Gasteiger partial charge in [-0.15, -0.1) is 0 Å². The van der Waals surface area contributed by atoms with Crippen LogP contribution in [0.3, 0.4) is 0 Å². The topological polar surface area (TPSA) is 92.2 Å². The van der Waals surface area contributed by atoms with Crippen molar-refractivity contribution >= 4 is 49.6 Å². The quantitative estimate of drug-likeness (QED) is 0.379. The standard InChI is InChI=1S/C28H18N2O4/c31-26-18-5-1-3-7-22(18)29-23-13-21-25(14-20(23)26)30(24-8-4-2-6-19(24)27(21)32)15-16-9-11-17(12-10-16)28(33)34/h1-14H,15H2,(H,29,31)(H,33,34). The van der Waals surface area contributed by atoms with Crippen LogP contribution in [0.25, 0.3) is 43.6 Å². The lowest BCUT2D eigenvalue weighted by molar-refractivity contribution is 0.0697. The van der Waals surface area contributed by atoms with Gasteiger partial charge >= 0.3 is 5.97 Å². The molecule has 0 aliphatic heterocycles. The highest BCUT2D eigenvalue weighted by molar-refractivity contribution is 6.03. The molecule has 0 aliphatic carbocycles. The van der Waals surface area contributed by atoms with E-state index in [2.05, 4.69) is 4.98 Å². The molecule has 0 radical (unpaired) electrons. The van der Waals surface area contributed by atoms with Crippen molar-refractivity contribution < 1.29 is 9.90 Å². The molecule has 4 aromatic carbocycles. The molecule has 6 nitrogen and oxygen atoms in total. The van der Waals surface area contributed by atoms with Crippen molar-refractivity contribution in [1.29, 1.82) is 0 Å². The lowest BCUT2D eigenvalue weighted by atomic mass is 10.0. The predicted molar refractivity (Wildman–Crippen MR) is 134 cm³/mol. The van der Waals surface area contributed by atoms with E-state index in [1.165, 1.54) is 0 Å². The fourth-order valence-corrected chi connectivity index (χ4v) is 4.65. The summed E-state index contributed by atoms with van der Waals surface area (Å²) in [6.07, 6.45) is 0. The number of nitrogens with one attached hydrogen (secondary N) is 1. The molecule has 0 unspecified atom stereocenters. The molecule has 34 heavy (non-hydrogen) atoms. The molecule has 0 aliphatic rings. The summed E-state index contributed by atoms with van der Waals surface area (Å²) in [5, 5.41) is 11.4. The third-order valence-corrected chi connectivity index (χ3v) is 6.34. The number of fused-ring (bicyclic) bond motifs is 4. The lowest BCUT2D eigenvalue weighted by Crippen LogP contribution is -2.14. The second-order valence-electron chi connectivity index (χ2n) is 8.35. The van der Waals surface area contributed by atoms with Crippen LogP contribution in [0.15, 0.2) is 94.5 Å². The van der Waals surface area contributed by atoms with Crippen LogP contribution in [0.2, 0.25) is 0 Å². The van der Waals surface area contributed by atoms with Gasteiger partial charge in [-0.3, -0.25) is 9.59 Å². The Hall–Kier alpha value is -4.71. The number of benzene rings is 4. The Bertz CT molecular complexity index is 1900. The first-order chi connectivity index (χ1) is 16.5. The van der Waals surface area contributed by atoms with Crippen molar-refractivity contribution in [2.75, 3.05) is 0 Å². The molecule has 2 heterocycles. The molecule has 6 heteroatoms. The number of nitrogens with zero attached hydrogens (tertiary/aromatic N) is 1. The summed E-state index contributed by atoms with van der Waals surface area (Å²) < 4.78 is 2.01. The molecule has 0 atom stereocenters. The molecular formula is C28H18N2O4. The van der Waals surface area contributed by atoms with Crippen LogP contribution in [0.5, 0.6) is 0 Å². The Balaban J connectivity index is 1.70. The SMILES string of the molecule is O=C(O)c1ccc(Cn2c3ccccc3c(=O)c3cc4[nH]c5ccccc5c(=O)c4cc32)cc1. The van der Waals surface area contributed by atoms with E-state index < -0.39 is 5.97 Å². The van der Waals surface area contributed by atoms with Crippen molar-refractivity contribution in [1.82, 2.24) is 9.55 Å². The molecule has 2 N–H and O–H groups in total. The Morgan fingerprint density at radius 2 is 1.38 bits per heavy atom. The smallest absolute Gasteiger partial charge is 0.335 e. The Labute approximate surface area is 192 Å². The first-order valence-corrected chi connectivity index (χ1v) is 10.8. The zero-order valence-electron chi connectivity index (χ0n) is 17.9. The van der Waals surface area contributed by atoms with E-state index >= 15 is 0 Å². The second kappa shape index (κ2) is 7.42. The third kappa shape index (κ3) is 3.00. The summed E-state index contributed by atoms with van der Waals surface area (Å²) >= 11 is 0. The van der Waals surface area contributed by atoms with E-state index in [0.29, 0.717) is 39.1 Å². The number of pyridine rings is 2. The summed E-state index contributed by atoms with van der Waals surface area (Å²) in [6, 6.07) is 24.9. The Morgan fingerprint density at radius 3 is 2.15 bits per heavy atom. The van der Waals surface area contributed by atoms with Gasteiger partial charge in [-0.25, -0.2) is 4.79 Å². The molecule has 164 valence electrons. The Morgan fingerprint density at radius 1 is 0.706 bits per heavy atom. The molecule has 0 saturated heterocycles. The molecule has 0 spiro atoms. The largest absolute Gasteiger partial charge is 0.478 e. The zero-order chi connectivity index (χ0) is 23.4. The summed E-state index contributed by atoms with van der Waals surface area (Å²) in [5.41, 5.74) is 3.64. The summed E-state index contributed by atoms with van der Waals surface area (Å²) in [7, 11) is 0. The van der Waals surface area contributed by atoms with E-state index in [9.17, 15) is 19.5 Å². The number of aromatic nitrogens is 2. The molecule has 6 aromatic rings. The molecule has 0 bridgehead atoms. The van der Waals surface area contributed by atoms with E-state index in [1.54, 1.807) is 48.5 Å². The van der Waals surface area contributed by atoms with Gasteiger partial charge in [0.2, 0.25) is 0 Å². The zero-order valence-corrected chi connectivity index (χ0v) is 17.9. The number of aromatic carboxylic acids is 1. The maximum Gasteiger partial charge on any atom is 0.335 e. The summed E-state index contributed by atoms with van der Waals surface area (Å²) in [4.78, 5) is 41.3. The van der Waals surface area contributed by atoms with Crippen molar-refractivity contribution in [3.8, 4) is 0 Å². The van der Waals surface area contributed by atoms with Gasteiger partial charge in [-0.1, -0.05) is 36.4 Å². The van der Waals surface area contributed by atoms with Crippen LogP contribution >= 0.6 is 0 Å². The predicted octanol–water partition coefficient (Wildman–Crippen LogP) is 4.90. The van der Waals surface area contributed by atoms with Gasteiger partial charge in [-0.2, -0.15) is 0 Å². The van der Waals surface area contributed by atoms with Gasteiger partial charge in [-0.05, 0) is 54.1 Å². The van der Waals surface area contributed by atoms with E-state index in [1.807, 2.05) is 41.0 Å². The number of rotatable bonds is 3. The van der Waals surface area contributed by atoms with Gasteiger partial charge in [0.1, 0.15) is 0 Å². The fourth-order valence-electron chi connectivity index (χ4n) is 4.65. The van der Waals surface area contributed by atoms with Gasteiger partial charge in [0, 0.05) is 33.6 Å². The highest BCUT2D eigenvalue weighted by Crippen LogP contribution is 2.25. The summed E-state index contributed by atoms with van der Waals surface area (Å²) in [6.45, 7) is 0.411. The minimum Gasteiger partial charge on any atom is -0.478 e. The van der Waals surface area contributed by atoms with Crippen LogP contribution in [-0.2, 0) is 6.54 Å². The Kier molecular flexibility index (Phi) is 4.35. The minimum absolute atomic E-state index is 0.0933. The van der Waals surface area contributed by atoms with Gasteiger partial charge in [0.15, 0.2) is 10.9 Å². The molecule has 2 aromatic heterocycles. The van der Waals surface area contributed by atoms with E-state index in [0.717, 1.165) is 16.6 Å². The number of H-pyrrole nitrogens is 1. The average Bonchev–Trinajstić information content (AvgIpc) is 2.86. The van der Waals surface area contributed by atoms with E-state index in [-0.39, 0.29) is 16.4 Å². The number of carboxylic acids is 1. The average molecular weight is 446 g/mol. The van der Waals surface area contributed by atoms with Gasteiger partial charge < -0.3 is 14.7 Å². The number of para-hydroxylation sites is 2. The van der Waals surface area contributed by atoms with Crippen LogP contribution in [0, 0.1) is 0 Å². The maximum atomic E-state index is 13.4. The molecular weight excluding hydrogens is 428 g/mol. The monoisotopic (exact) mass is 446 g/mol. The molecule has 0 amide bonds. The van der Waals surface area contributed by atoms with Crippen molar-refractivity contribution in [3.05, 3.63) is 117 Å². The summed E-state index contributed by atoms with van der Waals surface area (Å²) in [5.74, 6) is -0.983. The van der Waals surface area contributed by atoms with Crippen molar-refractivity contribution in [2.45, 2.75) is 6.54 Å². The van der Waals surface area contributed by atoms with Crippen molar-refractivity contribution in [2.24, 2.45) is 0 Å². The van der Waals surface area contributed by atoms with Crippen molar-refractivity contribution in [3.63, 3.8) is 0 Å². The van der Waals surface area contributed by atoms with E-state index in [4.69, 9.17) is 0 Å². The van der Waals surface area contributed by atoms with Crippen LogP contribution < -0.4 is 10.9 Å².